The average molecular weight is 381 g/mol. The molecule has 1 atom stereocenters. The topological polar surface area (TPSA) is 41.6 Å². The fourth-order valence-electron chi connectivity index (χ4n) is 3.80. The van der Waals surface area contributed by atoms with Crippen molar-refractivity contribution in [2.45, 2.75) is 18.9 Å². The van der Waals surface area contributed by atoms with Crippen LogP contribution in [-0.2, 0) is 0 Å². The summed E-state index contributed by atoms with van der Waals surface area (Å²) in [7, 11) is 1.70. The standard InChI is InChI=1S/C22H24N2O2S/c1-26-19-10-4-3-9-17(19)18(24-12-6-7-13-24)15-23-22(25)21-14-16-8-2-5-11-20(16)27-21/h2-5,8-11,14,18H,6-7,12-13,15H2,1H3,(H,23,25). The van der Waals surface area contributed by atoms with Gasteiger partial charge in [0.2, 0.25) is 0 Å². The van der Waals surface area contributed by atoms with E-state index in [0.29, 0.717) is 6.54 Å². The van der Waals surface area contributed by atoms with E-state index in [4.69, 9.17) is 4.74 Å². The Balaban J connectivity index is 1.53. The van der Waals surface area contributed by atoms with Crippen molar-refractivity contribution in [1.82, 2.24) is 10.2 Å². The van der Waals surface area contributed by atoms with Gasteiger partial charge in [-0.05, 0) is 49.5 Å². The van der Waals surface area contributed by atoms with Gasteiger partial charge in [0, 0.05) is 16.8 Å². The Labute approximate surface area is 163 Å². The number of methoxy groups -OCH3 is 1. The number of rotatable bonds is 6. The van der Waals surface area contributed by atoms with Crippen LogP contribution in [0.5, 0.6) is 5.75 Å². The van der Waals surface area contributed by atoms with E-state index in [9.17, 15) is 4.79 Å². The highest BCUT2D eigenvalue weighted by atomic mass is 32.1. The molecule has 5 heteroatoms. The maximum Gasteiger partial charge on any atom is 0.261 e. The zero-order valence-electron chi connectivity index (χ0n) is 15.5. The van der Waals surface area contributed by atoms with E-state index >= 15 is 0 Å². The third-order valence-electron chi connectivity index (χ3n) is 5.18. The molecule has 140 valence electrons. The first kappa shape index (κ1) is 18.0. The number of carbonyl (C=O) groups excluding carboxylic acids is 1. The van der Waals surface area contributed by atoms with Crippen LogP contribution in [0.2, 0.25) is 0 Å². The Kier molecular flexibility index (Phi) is 5.41. The van der Waals surface area contributed by atoms with E-state index in [0.717, 1.165) is 39.4 Å². The molecule has 1 aliphatic rings. The minimum absolute atomic E-state index is 0.00436. The van der Waals surface area contributed by atoms with E-state index in [1.807, 2.05) is 42.5 Å². The fourth-order valence-corrected chi connectivity index (χ4v) is 4.78. The number of nitrogens with zero attached hydrogens (tertiary/aromatic N) is 1. The number of benzene rings is 2. The van der Waals surface area contributed by atoms with Crippen LogP contribution in [0.25, 0.3) is 10.1 Å². The summed E-state index contributed by atoms with van der Waals surface area (Å²) in [5.74, 6) is 0.876. The van der Waals surface area contributed by atoms with Crippen molar-refractivity contribution in [2.24, 2.45) is 0 Å². The Morgan fingerprint density at radius 3 is 2.67 bits per heavy atom. The Morgan fingerprint density at radius 1 is 1.15 bits per heavy atom. The Morgan fingerprint density at radius 2 is 1.89 bits per heavy atom. The Bertz CT molecular complexity index is 898. The van der Waals surface area contributed by atoms with Crippen molar-refractivity contribution in [3.8, 4) is 5.75 Å². The van der Waals surface area contributed by atoms with E-state index in [2.05, 4.69) is 22.3 Å². The largest absolute Gasteiger partial charge is 0.496 e. The van der Waals surface area contributed by atoms with Crippen molar-refractivity contribution in [3.05, 3.63) is 65.0 Å². The van der Waals surface area contributed by atoms with Gasteiger partial charge in [-0.25, -0.2) is 0 Å². The first-order valence-electron chi connectivity index (χ1n) is 9.40. The van der Waals surface area contributed by atoms with Gasteiger partial charge in [-0.1, -0.05) is 36.4 Å². The first-order chi connectivity index (χ1) is 13.3. The van der Waals surface area contributed by atoms with Gasteiger partial charge in [-0.15, -0.1) is 11.3 Å². The number of hydrogen-bond donors (Lipinski definition) is 1. The van der Waals surface area contributed by atoms with Gasteiger partial charge in [-0.3, -0.25) is 9.69 Å². The highest BCUT2D eigenvalue weighted by molar-refractivity contribution is 7.20. The number of likely N-dealkylation sites (tertiary alicyclic amines) is 1. The summed E-state index contributed by atoms with van der Waals surface area (Å²) < 4.78 is 6.72. The molecular formula is C22H24N2O2S. The van der Waals surface area contributed by atoms with Gasteiger partial charge in [0.05, 0.1) is 18.0 Å². The smallest absolute Gasteiger partial charge is 0.261 e. The summed E-state index contributed by atoms with van der Waals surface area (Å²) in [5.41, 5.74) is 1.14. The maximum absolute atomic E-state index is 12.8. The molecule has 3 aromatic rings. The van der Waals surface area contributed by atoms with Gasteiger partial charge in [0.15, 0.2) is 0 Å². The molecule has 0 spiro atoms. The van der Waals surface area contributed by atoms with Crippen molar-refractivity contribution in [2.75, 3.05) is 26.7 Å². The van der Waals surface area contributed by atoms with Crippen LogP contribution in [0.1, 0.15) is 34.1 Å². The zero-order valence-corrected chi connectivity index (χ0v) is 16.3. The number of para-hydroxylation sites is 1. The molecule has 1 aromatic heterocycles. The molecule has 1 fully saturated rings. The lowest BCUT2D eigenvalue weighted by Gasteiger charge is -2.29. The van der Waals surface area contributed by atoms with E-state index in [1.165, 1.54) is 12.8 Å². The van der Waals surface area contributed by atoms with Crippen LogP contribution in [0.3, 0.4) is 0 Å². The normalized spacial score (nSPS) is 15.7. The number of fused-ring (bicyclic) bond motifs is 1. The molecule has 0 bridgehead atoms. The number of nitrogens with one attached hydrogen (secondary N) is 1. The monoisotopic (exact) mass is 380 g/mol. The molecule has 1 amide bonds. The third kappa shape index (κ3) is 3.84. The minimum Gasteiger partial charge on any atom is -0.496 e. The number of thiophene rings is 1. The molecule has 27 heavy (non-hydrogen) atoms. The molecule has 1 saturated heterocycles. The highest BCUT2D eigenvalue weighted by Crippen LogP contribution is 2.31. The SMILES string of the molecule is COc1ccccc1C(CNC(=O)c1cc2ccccc2s1)N1CCCC1. The molecule has 2 aromatic carbocycles. The molecule has 0 radical (unpaired) electrons. The molecule has 4 nitrogen and oxygen atoms in total. The summed E-state index contributed by atoms with van der Waals surface area (Å²) in [6.07, 6.45) is 2.41. The predicted molar refractivity (Wildman–Crippen MR) is 111 cm³/mol. The summed E-state index contributed by atoms with van der Waals surface area (Å²) in [5, 5.41) is 4.28. The van der Waals surface area contributed by atoms with Crippen molar-refractivity contribution < 1.29 is 9.53 Å². The minimum atomic E-state index is -0.00436. The summed E-state index contributed by atoms with van der Waals surface area (Å²) in [4.78, 5) is 16.0. The van der Waals surface area contributed by atoms with Crippen LogP contribution in [0.15, 0.2) is 54.6 Å². The van der Waals surface area contributed by atoms with Crippen LogP contribution < -0.4 is 10.1 Å². The molecule has 1 unspecified atom stereocenters. The van der Waals surface area contributed by atoms with Gasteiger partial charge in [0.25, 0.3) is 5.91 Å². The van der Waals surface area contributed by atoms with E-state index in [-0.39, 0.29) is 11.9 Å². The lowest BCUT2D eigenvalue weighted by molar-refractivity contribution is 0.0941. The van der Waals surface area contributed by atoms with Crippen LogP contribution in [0, 0.1) is 0 Å². The van der Waals surface area contributed by atoms with E-state index < -0.39 is 0 Å². The maximum atomic E-state index is 12.8. The van der Waals surface area contributed by atoms with Crippen LogP contribution in [-0.4, -0.2) is 37.6 Å². The molecular weight excluding hydrogens is 356 g/mol. The quantitative estimate of drug-likeness (QED) is 0.686. The van der Waals surface area contributed by atoms with Gasteiger partial charge in [0.1, 0.15) is 5.75 Å². The fraction of sp³-hybridized carbons (Fsp3) is 0.318. The predicted octanol–water partition coefficient (Wildman–Crippen LogP) is 4.48. The van der Waals surface area contributed by atoms with Gasteiger partial charge in [-0.2, -0.15) is 0 Å². The molecule has 4 rings (SSSR count). The second-order valence-corrected chi connectivity index (χ2v) is 7.94. The summed E-state index contributed by atoms with van der Waals surface area (Å²) in [6.45, 7) is 2.69. The number of carbonyl (C=O) groups is 1. The summed E-state index contributed by atoms with van der Waals surface area (Å²) in [6, 6.07) is 18.3. The second-order valence-electron chi connectivity index (χ2n) is 6.86. The van der Waals surface area contributed by atoms with Crippen molar-refractivity contribution in [1.29, 1.82) is 0 Å². The third-order valence-corrected chi connectivity index (χ3v) is 6.30. The van der Waals surface area contributed by atoms with Crippen LogP contribution >= 0.6 is 11.3 Å². The molecule has 2 heterocycles. The van der Waals surface area contributed by atoms with Gasteiger partial charge < -0.3 is 10.1 Å². The molecule has 1 N–H and O–H groups in total. The number of amides is 1. The molecule has 0 saturated carbocycles. The lowest BCUT2D eigenvalue weighted by Crippen LogP contribution is -2.36. The second kappa shape index (κ2) is 8.11. The molecule has 1 aliphatic heterocycles. The number of hydrogen-bond acceptors (Lipinski definition) is 4. The van der Waals surface area contributed by atoms with Crippen LogP contribution in [0.4, 0.5) is 0 Å². The first-order valence-corrected chi connectivity index (χ1v) is 10.2. The zero-order chi connectivity index (χ0) is 18.6. The highest BCUT2D eigenvalue weighted by Gasteiger charge is 2.26. The Hall–Kier alpha value is -2.37. The molecule has 0 aliphatic carbocycles. The lowest BCUT2D eigenvalue weighted by atomic mass is 10.0. The van der Waals surface area contributed by atoms with Crippen molar-refractivity contribution in [3.63, 3.8) is 0 Å². The van der Waals surface area contributed by atoms with E-state index in [1.54, 1.807) is 18.4 Å². The van der Waals surface area contributed by atoms with Crippen molar-refractivity contribution >= 4 is 27.3 Å². The average Bonchev–Trinajstić information content (AvgIpc) is 3.38. The van der Waals surface area contributed by atoms with Gasteiger partial charge >= 0.3 is 0 Å². The number of ether oxygens (including phenoxy) is 1. The summed E-state index contributed by atoms with van der Waals surface area (Å²) >= 11 is 1.54.